The summed E-state index contributed by atoms with van der Waals surface area (Å²) in [5, 5.41) is 12.1. The first-order valence-corrected chi connectivity index (χ1v) is 14.4. The highest BCUT2D eigenvalue weighted by molar-refractivity contribution is 6.46. The summed E-state index contributed by atoms with van der Waals surface area (Å²) in [5.41, 5.74) is 7.50. The lowest BCUT2D eigenvalue weighted by atomic mass is 10.0. The maximum absolute atomic E-state index is 12.9. The minimum atomic E-state index is -0.668. The second-order valence-electron chi connectivity index (χ2n) is 9.74. The number of nitrogens with one attached hydrogen (secondary N) is 2. The third-order valence-electron chi connectivity index (χ3n) is 6.88. The largest absolute Gasteiger partial charge is 0.382 e. The standard InChI is InChI=1S/C27H32Cl2N8O2.C2H6/c1-35(2)20-7-10-36(11-8-20)27(39)17-3-6-24(33-15-17)34-26(38)22(30)14-23-25(31)32-9-12-37(23)16-18-13-19(28)4-5-21(18)29;1-2/h3-6,13-15,20,30H,7-12,16H2,1-2H3,(H2,31,32)(H,33,34,38);1-2H3/b23-14+,30-22?;. The van der Waals surface area contributed by atoms with Crippen LogP contribution in [0.3, 0.4) is 0 Å². The summed E-state index contributed by atoms with van der Waals surface area (Å²) in [7, 11) is 4.11. The van der Waals surface area contributed by atoms with Gasteiger partial charge in [0.2, 0.25) is 0 Å². The monoisotopic (exact) mass is 600 g/mol. The Balaban J connectivity index is 0.00000226. The molecule has 1 aromatic heterocycles. The first-order valence-electron chi connectivity index (χ1n) is 13.6. The maximum Gasteiger partial charge on any atom is 0.274 e. The number of likely N-dealkylation sites (tertiary alicyclic amines) is 1. The fourth-order valence-electron chi connectivity index (χ4n) is 4.60. The number of amidine groups is 1. The fraction of sp³-hybridized carbons (Fsp3) is 0.414. The summed E-state index contributed by atoms with van der Waals surface area (Å²) in [6, 6.07) is 8.87. The second kappa shape index (κ2) is 15.0. The van der Waals surface area contributed by atoms with Crippen LogP contribution in [0.1, 0.15) is 42.6 Å². The molecule has 1 fully saturated rings. The van der Waals surface area contributed by atoms with E-state index in [0.29, 0.717) is 60.1 Å². The normalized spacial score (nSPS) is 16.7. The molecule has 2 aliphatic rings. The van der Waals surface area contributed by atoms with Crippen LogP contribution < -0.4 is 11.1 Å². The van der Waals surface area contributed by atoms with Crippen LogP contribution in [0.5, 0.6) is 0 Å². The molecule has 4 rings (SSSR count). The van der Waals surface area contributed by atoms with Gasteiger partial charge >= 0.3 is 0 Å². The van der Waals surface area contributed by atoms with Crippen LogP contribution in [0.15, 0.2) is 53.3 Å². The number of amides is 2. The molecule has 1 saturated heterocycles. The van der Waals surface area contributed by atoms with Gasteiger partial charge in [0.25, 0.3) is 11.8 Å². The highest BCUT2D eigenvalue weighted by Gasteiger charge is 2.25. The summed E-state index contributed by atoms with van der Waals surface area (Å²) < 4.78 is 0. The smallest absolute Gasteiger partial charge is 0.274 e. The van der Waals surface area contributed by atoms with Crippen molar-refractivity contribution in [3.63, 3.8) is 0 Å². The number of aliphatic imine (C=N–C) groups is 1. The van der Waals surface area contributed by atoms with Gasteiger partial charge in [-0.3, -0.25) is 20.0 Å². The Morgan fingerprint density at radius 3 is 2.49 bits per heavy atom. The first-order chi connectivity index (χ1) is 19.6. The Morgan fingerprint density at radius 2 is 1.85 bits per heavy atom. The number of hydrogen-bond donors (Lipinski definition) is 3. The molecule has 0 saturated carbocycles. The van der Waals surface area contributed by atoms with Gasteiger partial charge in [-0.25, -0.2) is 4.98 Å². The molecule has 2 aromatic rings. The Kier molecular flexibility index (Phi) is 11.7. The summed E-state index contributed by atoms with van der Waals surface area (Å²) in [6.45, 7) is 6.79. The van der Waals surface area contributed by atoms with Crippen LogP contribution in [0.4, 0.5) is 5.82 Å². The van der Waals surface area contributed by atoms with Crippen molar-refractivity contribution in [1.82, 2.24) is 19.7 Å². The number of pyridine rings is 1. The van der Waals surface area contributed by atoms with Crippen molar-refractivity contribution in [2.45, 2.75) is 39.3 Å². The van der Waals surface area contributed by atoms with Gasteiger partial charge in [-0.2, -0.15) is 0 Å². The molecular formula is C29H38Cl2N8O2. The number of hydrogen-bond acceptors (Lipinski definition) is 8. The minimum Gasteiger partial charge on any atom is -0.382 e. The molecule has 2 aliphatic heterocycles. The summed E-state index contributed by atoms with van der Waals surface area (Å²) in [4.78, 5) is 40.0. The molecule has 0 radical (unpaired) electrons. The molecule has 3 heterocycles. The lowest BCUT2D eigenvalue weighted by Gasteiger charge is -2.35. The predicted molar refractivity (Wildman–Crippen MR) is 166 cm³/mol. The number of anilines is 1. The van der Waals surface area contributed by atoms with Gasteiger partial charge < -0.3 is 25.8 Å². The molecule has 41 heavy (non-hydrogen) atoms. The zero-order valence-electron chi connectivity index (χ0n) is 24.0. The van der Waals surface area contributed by atoms with E-state index in [1.165, 1.54) is 12.3 Å². The van der Waals surface area contributed by atoms with Crippen molar-refractivity contribution in [1.29, 1.82) is 5.41 Å². The molecule has 1 aromatic carbocycles. The first kappa shape index (κ1) is 32.0. The van der Waals surface area contributed by atoms with Crippen molar-refractivity contribution >= 4 is 52.4 Å². The second-order valence-corrected chi connectivity index (χ2v) is 10.6. The molecule has 4 N–H and O–H groups in total. The number of halogens is 2. The van der Waals surface area contributed by atoms with E-state index < -0.39 is 5.91 Å². The highest BCUT2D eigenvalue weighted by Crippen LogP contribution is 2.24. The fourth-order valence-corrected chi connectivity index (χ4v) is 4.97. The zero-order chi connectivity index (χ0) is 30.1. The van der Waals surface area contributed by atoms with Gasteiger partial charge in [0.05, 0.1) is 17.8 Å². The van der Waals surface area contributed by atoms with E-state index in [2.05, 4.69) is 34.3 Å². The average molecular weight is 602 g/mol. The molecular weight excluding hydrogens is 563 g/mol. The SMILES string of the molecule is CC.CN(C)C1CCN(C(=O)c2ccc(NC(=O)C(=N)/C=C3\C(N)=NCCN3Cc3cc(Cl)ccc3Cl)nc2)CC1. The Bertz CT molecular complexity index is 1300. The molecule has 0 aliphatic carbocycles. The third-order valence-corrected chi connectivity index (χ3v) is 7.49. The number of benzene rings is 1. The predicted octanol–water partition coefficient (Wildman–Crippen LogP) is 4.30. The van der Waals surface area contributed by atoms with E-state index in [1.54, 1.807) is 30.3 Å². The summed E-state index contributed by atoms with van der Waals surface area (Å²) >= 11 is 12.5. The van der Waals surface area contributed by atoms with Gasteiger partial charge in [-0.1, -0.05) is 37.0 Å². The van der Waals surface area contributed by atoms with Crippen LogP contribution in [0.25, 0.3) is 0 Å². The Morgan fingerprint density at radius 1 is 1.15 bits per heavy atom. The number of nitrogens with two attached hydrogens (primary N) is 1. The third kappa shape index (κ3) is 8.51. The van der Waals surface area contributed by atoms with Gasteiger partial charge in [-0.15, -0.1) is 0 Å². The van der Waals surface area contributed by atoms with Crippen LogP contribution >= 0.6 is 23.2 Å². The maximum atomic E-state index is 12.9. The van der Waals surface area contributed by atoms with Gasteiger partial charge in [0.1, 0.15) is 17.4 Å². The lowest BCUT2D eigenvalue weighted by molar-refractivity contribution is -0.110. The van der Waals surface area contributed by atoms with Crippen molar-refractivity contribution in [2.75, 3.05) is 45.6 Å². The van der Waals surface area contributed by atoms with E-state index in [-0.39, 0.29) is 23.3 Å². The minimum absolute atomic E-state index is 0.0815. The van der Waals surface area contributed by atoms with Crippen LogP contribution in [0.2, 0.25) is 10.0 Å². The zero-order valence-corrected chi connectivity index (χ0v) is 25.5. The van der Waals surface area contributed by atoms with Gasteiger partial charge in [0.15, 0.2) is 0 Å². The highest BCUT2D eigenvalue weighted by atomic mass is 35.5. The van der Waals surface area contributed by atoms with Crippen LogP contribution in [-0.4, -0.2) is 89.4 Å². The molecule has 12 heteroatoms. The van der Waals surface area contributed by atoms with E-state index >= 15 is 0 Å². The molecule has 0 bridgehead atoms. The van der Waals surface area contributed by atoms with Gasteiger partial charge in [0, 0.05) is 48.5 Å². The number of piperidine rings is 1. The number of carbonyl (C=O) groups is 2. The molecule has 220 valence electrons. The number of aromatic nitrogens is 1. The molecule has 0 atom stereocenters. The van der Waals surface area contributed by atoms with Crippen molar-refractivity contribution in [3.8, 4) is 0 Å². The van der Waals surface area contributed by atoms with Crippen LogP contribution in [-0.2, 0) is 11.3 Å². The van der Waals surface area contributed by atoms with Crippen molar-refractivity contribution < 1.29 is 9.59 Å². The van der Waals surface area contributed by atoms with E-state index in [9.17, 15) is 9.59 Å². The van der Waals surface area contributed by atoms with Gasteiger partial charge in [-0.05, 0) is 68.9 Å². The molecule has 0 unspecified atom stereocenters. The molecule has 0 spiro atoms. The average Bonchev–Trinajstić information content (AvgIpc) is 2.97. The van der Waals surface area contributed by atoms with E-state index in [4.69, 9.17) is 34.3 Å². The summed E-state index contributed by atoms with van der Waals surface area (Å²) in [5.74, 6) is -0.285. The van der Waals surface area contributed by atoms with E-state index in [0.717, 1.165) is 18.4 Å². The van der Waals surface area contributed by atoms with Crippen molar-refractivity contribution in [3.05, 3.63) is 69.5 Å². The number of carbonyl (C=O) groups excluding carboxylic acids is 2. The Hall–Kier alpha value is -3.47. The topological polar surface area (TPSA) is 131 Å². The Labute approximate surface area is 251 Å². The molecule has 2 amide bonds. The summed E-state index contributed by atoms with van der Waals surface area (Å²) in [6.07, 6.45) is 4.68. The van der Waals surface area contributed by atoms with Crippen LogP contribution in [0, 0.1) is 5.41 Å². The number of nitrogens with zero attached hydrogens (tertiary/aromatic N) is 5. The lowest BCUT2D eigenvalue weighted by Crippen LogP contribution is -2.44. The quantitative estimate of drug-likeness (QED) is 0.406. The van der Waals surface area contributed by atoms with Crippen molar-refractivity contribution in [2.24, 2.45) is 10.7 Å². The number of rotatable bonds is 7. The molecule has 10 nitrogen and oxygen atoms in total. The van der Waals surface area contributed by atoms with E-state index in [1.807, 2.05) is 23.6 Å².